The van der Waals surface area contributed by atoms with Crippen LogP contribution in [-0.2, 0) is 0 Å². The maximum atomic E-state index is 11.8. The second kappa shape index (κ2) is 6.63. The molecule has 1 amide bonds. The number of aliphatic hydroxyl groups excluding tert-OH is 1. The zero-order valence-corrected chi connectivity index (χ0v) is 12.0. The number of amides is 1. The molecule has 0 aliphatic rings. The summed E-state index contributed by atoms with van der Waals surface area (Å²) in [5, 5.41) is 22.9. The molecule has 0 aromatic carbocycles. The van der Waals surface area contributed by atoms with Crippen LogP contribution in [0.1, 0.15) is 34.8 Å². The Morgan fingerprint density at radius 3 is 2.68 bits per heavy atom. The number of aliphatic hydroxyl groups is 1. The molecular formula is C12H18N2O4S. The molecule has 1 heterocycles. The Kier molecular flexibility index (Phi) is 5.44. The number of rotatable bonds is 6. The van der Waals surface area contributed by atoms with Crippen LogP contribution >= 0.6 is 11.3 Å². The summed E-state index contributed by atoms with van der Waals surface area (Å²) in [6.45, 7) is 5.77. The Morgan fingerprint density at radius 1 is 1.58 bits per heavy atom. The van der Waals surface area contributed by atoms with Gasteiger partial charge in [-0.1, -0.05) is 13.8 Å². The molecule has 1 aromatic heterocycles. The van der Waals surface area contributed by atoms with Crippen LogP contribution < -0.4 is 5.32 Å². The monoisotopic (exact) mass is 286 g/mol. The third-order valence-corrected chi connectivity index (χ3v) is 3.85. The van der Waals surface area contributed by atoms with Gasteiger partial charge in [-0.3, -0.25) is 14.9 Å². The highest BCUT2D eigenvalue weighted by Crippen LogP contribution is 2.27. The van der Waals surface area contributed by atoms with E-state index in [1.807, 2.05) is 13.8 Å². The molecule has 0 bridgehead atoms. The van der Waals surface area contributed by atoms with Gasteiger partial charge in [-0.25, -0.2) is 0 Å². The zero-order valence-electron chi connectivity index (χ0n) is 11.2. The van der Waals surface area contributed by atoms with Gasteiger partial charge in [0, 0.05) is 12.6 Å². The van der Waals surface area contributed by atoms with Crippen LogP contribution in [0.15, 0.2) is 6.07 Å². The molecule has 1 aromatic rings. The Hall–Kier alpha value is -1.47. The van der Waals surface area contributed by atoms with Crippen molar-refractivity contribution in [2.45, 2.75) is 33.3 Å². The SMILES string of the molecule is Cc1sc(C(=O)NCCC(O)C(C)C)cc1[N+](=O)[O-]. The maximum Gasteiger partial charge on any atom is 0.283 e. The number of thiophene rings is 1. The minimum atomic E-state index is -0.495. The number of hydrogen-bond acceptors (Lipinski definition) is 5. The normalized spacial score (nSPS) is 12.5. The molecule has 2 N–H and O–H groups in total. The summed E-state index contributed by atoms with van der Waals surface area (Å²) in [7, 11) is 0. The number of carbonyl (C=O) groups is 1. The number of aryl methyl sites for hydroxylation is 1. The number of hydrogen-bond donors (Lipinski definition) is 2. The first-order chi connectivity index (χ1) is 8.82. The van der Waals surface area contributed by atoms with Crippen molar-refractivity contribution in [3.63, 3.8) is 0 Å². The van der Waals surface area contributed by atoms with E-state index in [1.165, 1.54) is 6.07 Å². The molecular weight excluding hydrogens is 268 g/mol. The fraction of sp³-hybridized carbons (Fsp3) is 0.583. The Bertz CT molecular complexity index is 470. The molecule has 1 unspecified atom stereocenters. The number of nitro groups is 1. The molecule has 1 atom stereocenters. The van der Waals surface area contributed by atoms with Gasteiger partial charge in [0.15, 0.2) is 0 Å². The molecule has 7 heteroatoms. The second-order valence-electron chi connectivity index (χ2n) is 4.67. The zero-order chi connectivity index (χ0) is 14.6. The first kappa shape index (κ1) is 15.6. The molecule has 1 rings (SSSR count). The van der Waals surface area contributed by atoms with Crippen molar-refractivity contribution in [1.82, 2.24) is 5.32 Å². The van der Waals surface area contributed by atoms with Crippen LogP contribution in [0, 0.1) is 23.0 Å². The van der Waals surface area contributed by atoms with E-state index in [0.29, 0.717) is 22.7 Å². The van der Waals surface area contributed by atoms with E-state index in [4.69, 9.17) is 0 Å². The number of nitrogens with zero attached hydrogens (tertiary/aromatic N) is 1. The van der Waals surface area contributed by atoms with Crippen molar-refractivity contribution in [2.75, 3.05) is 6.54 Å². The predicted molar refractivity (Wildman–Crippen MR) is 73.5 cm³/mol. The second-order valence-corrected chi connectivity index (χ2v) is 5.92. The largest absolute Gasteiger partial charge is 0.393 e. The van der Waals surface area contributed by atoms with E-state index in [-0.39, 0.29) is 17.5 Å². The lowest BCUT2D eigenvalue weighted by molar-refractivity contribution is -0.385. The molecule has 0 aliphatic heterocycles. The van der Waals surface area contributed by atoms with Crippen LogP contribution in [-0.4, -0.2) is 28.6 Å². The van der Waals surface area contributed by atoms with E-state index in [2.05, 4.69) is 5.32 Å². The first-order valence-corrected chi connectivity index (χ1v) is 6.85. The van der Waals surface area contributed by atoms with E-state index in [1.54, 1.807) is 6.92 Å². The molecule has 0 aliphatic carbocycles. The van der Waals surface area contributed by atoms with Gasteiger partial charge in [0.05, 0.1) is 20.8 Å². The first-order valence-electron chi connectivity index (χ1n) is 6.04. The molecule has 0 saturated carbocycles. The highest BCUT2D eigenvalue weighted by molar-refractivity contribution is 7.14. The molecule has 0 fully saturated rings. The lowest BCUT2D eigenvalue weighted by Crippen LogP contribution is -2.28. The third-order valence-electron chi connectivity index (χ3n) is 2.81. The number of carbonyl (C=O) groups excluding carboxylic acids is 1. The average molecular weight is 286 g/mol. The standard InChI is InChI=1S/C12H18N2O4S/c1-7(2)10(15)4-5-13-12(16)11-6-9(14(17)18)8(3)19-11/h6-7,10,15H,4-5H2,1-3H3,(H,13,16). The van der Waals surface area contributed by atoms with Gasteiger partial charge < -0.3 is 10.4 Å². The van der Waals surface area contributed by atoms with Crippen molar-refractivity contribution in [1.29, 1.82) is 0 Å². The number of nitrogens with one attached hydrogen (secondary N) is 1. The van der Waals surface area contributed by atoms with Crippen LogP contribution in [0.4, 0.5) is 5.69 Å². The molecule has 19 heavy (non-hydrogen) atoms. The van der Waals surface area contributed by atoms with E-state index in [9.17, 15) is 20.0 Å². The predicted octanol–water partition coefficient (Wildman–Crippen LogP) is 2.10. The van der Waals surface area contributed by atoms with E-state index in [0.717, 1.165) is 11.3 Å². The lowest BCUT2D eigenvalue weighted by Gasteiger charge is -2.14. The lowest BCUT2D eigenvalue weighted by atomic mass is 10.0. The van der Waals surface area contributed by atoms with Gasteiger partial charge in [-0.2, -0.15) is 0 Å². The van der Waals surface area contributed by atoms with E-state index >= 15 is 0 Å². The van der Waals surface area contributed by atoms with Gasteiger partial charge in [0.25, 0.3) is 11.6 Å². The van der Waals surface area contributed by atoms with Gasteiger partial charge in [-0.05, 0) is 19.3 Å². The van der Waals surface area contributed by atoms with Gasteiger partial charge in [0.1, 0.15) is 0 Å². The van der Waals surface area contributed by atoms with Crippen LogP contribution in [0.2, 0.25) is 0 Å². The summed E-state index contributed by atoms with van der Waals surface area (Å²) < 4.78 is 0. The smallest absolute Gasteiger partial charge is 0.283 e. The minimum Gasteiger partial charge on any atom is -0.393 e. The summed E-state index contributed by atoms with van der Waals surface area (Å²) in [5.74, 6) is -0.195. The molecule has 0 radical (unpaired) electrons. The Balaban J connectivity index is 2.55. The maximum absolute atomic E-state index is 11.8. The van der Waals surface area contributed by atoms with Crippen molar-refractivity contribution >= 4 is 22.9 Å². The summed E-state index contributed by atoms with van der Waals surface area (Å²) in [6, 6.07) is 1.29. The van der Waals surface area contributed by atoms with Gasteiger partial charge >= 0.3 is 0 Å². The quantitative estimate of drug-likeness (QED) is 0.618. The molecule has 0 spiro atoms. The van der Waals surface area contributed by atoms with Crippen LogP contribution in [0.3, 0.4) is 0 Å². The topological polar surface area (TPSA) is 92.5 Å². The Morgan fingerprint density at radius 2 is 2.21 bits per heavy atom. The summed E-state index contributed by atoms with van der Waals surface area (Å²) in [6.07, 6.45) is 0.00951. The molecule has 106 valence electrons. The van der Waals surface area contributed by atoms with Crippen molar-refractivity contribution in [3.05, 3.63) is 25.9 Å². The summed E-state index contributed by atoms with van der Waals surface area (Å²) in [5.41, 5.74) is -0.0302. The van der Waals surface area contributed by atoms with Crippen molar-refractivity contribution in [3.8, 4) is 0 Å². The van der Waals surface area contributed by atoms with Crippen molar-refractivity contribution < 1.29 is 14.8 Å². The summed E-state index contributed by atoms with van der Waals surface area (Å²) in [4.78, 5) is 22.8. The van der Waals surface area contributed by atoms with Gasteiger partial charge in [-0.15, -0.1) is 11.3 Å². The average Bonchev–Trinajstić information content (AvgIpc) is 2.71. The fourth-order valence-electron chi connectivity index (χ4n) is 1.52. The third kappa shape index (κ3) is 4.29. The van der Waals surface area contributed by atoms with Crippen LogP contribution in [0.5, 0.6) is 0 Å². The van der Waals surface area contributed by atoms with Gasteiger partial charge in [0.2, 0.25) is 0 Å². The fourth-order valence-corrected chi connectivity index (χ4v) is 2.42. The van der Waals surface area contributed by atoms with Crippen LogP contribution in [0.25, 0.3) is 0 Å². The van der Waals surface area contributed by atoms with Crippen molar-refractivity contribution in [2.24, 2.45) is 5.92 Å². The highest BCUT2D eigenvalue weighted by Gasteiger charge is 2.19. The van der Waals surface area contributed by atoms with E-state index < -0.39 is 11.0 Å². The minimum absolute atomic E-state index is 0.0302. The highest BCUT2D eigenvalue weighted by atomic mass is 32.1. The molecule has 0 saturated heterocycles. The molecule has 6 nitrogen and oxygen atoms in total. The summed E-state index contributed by atoms with van der Waals surface area (Å²) >= 11 is 1.10. The Labute approximate surface area is 115 Å².